The number of hydrogen-bond donors (Lipinski definition) is 0. The number of alkyl halides is 3. The molecule has 1 aliphatic carbocycles. The first-order valence-electron chi connectivity index (χ1n) is 11.5. The molecular weight excluding hydrogens is 709 g/mol. The Kier molecular flexibility index (Phi) is 24.5. The van der Waals surface area contributed by atoms with Crippen LogP contribution in [0.4, 0.5) is 13.2 Å². The Morgan fingerprint density at radius 3 is 1.76 bits per heavy atom. The molecule has 0 radical (unpaired) electrons. The molecule has 0 amide bonds. The van der Waals surface area contributed by atoms with E-state index in [9.17, 15) is 13.2 Å². The summed E-state index contributed by atoms with van der Waals surface area (Å²) in [6, 6.07) is 15.5. The SMILES string of the molecule is C[C@@H]1CC[C@@H](C(C)(C)c2ccccc2)[C@H](O[C](=[W])C#Cc2ccc(C(F)(F)F)cc2)C1.[C-]#[O+].[C-]#[O+].[C-]#[O+].[C-]#[O+].[C-]#[O+]. The Hall–Kier alpha value is -2.99. The molecule has 1 saturated carbocycles. The summed E-state index contributed by atoms with van der Waals surface area (Å²) in [6.45, 7) is 29.3. The van der Waals surface area contributed by atoms with E-state index in [4.69, 9.17) is 28.0 Å². The first kappa shape index (κ1) is 42.5. The Morgan fingerprint density at radius 1 is 0.805 bits per heavy atom. The number of hydrogen-bond acceptors (Lipinski definition) is 1. The molecule has 6 nitrogen and oxygen atoms in total. The summed E-state index contributed by atoms with van der Waals surface area (Å²) >= 11 is 1.13. The van der Waals surface area contributed by atoms with Gasteiger partial charge in [0.2, 0.25) is 0 Å². The second-order valence-electron chi connectivity index (χ2n) is 8.88. The predicted molar refractivity (Wildman–Crippen MR) is 134 cm³/mol. The molecule has 3 atom stereocenters. The van der Waals surface area contributed by atoms with Gasteiger partial charge in [-0.25, -0.2) is 0 Å². The molecule has 214 valence electrons. The summed E-state index contributed by atoms with van der Waals surface area (Å²) in [5.41, 5.74) is 1.17. The summed E-state index contributed by atoms with van der Waals surface area (Å²) in [6.07, 6.45) is -0.987. The molecule has 3 rings (SSSR count). The third-order valence-corrected chi connectivity index (χ3v) is 6.99. The van der Waals surface area contributed by atoms with E-state index in [0.717, 1.165) is 44.3 Å². The van der Waals surface area contributed by atoms with Crippen LogP contribution in [0.1, 0.15) is 56.7 Å². The molecule has 10 heteroatoms. The van der Waals surface area contributed by atoms with Crippen molar-refractivity contribution in [3.63, 3.8) is 0 Å². The van der Waals surface area contributed by atoms with Crippen LogP contribution in [0.2, 0.25) is 0 Å². The molecule has 0 N–H and O–H groups in total. The molecule has 0 heterocycles. The van der Waals surface area contributed by atoms with Crippen molar-refractivity contribution in [2.75, 3.05) is 0 Å². The van der Waals surface area contributed by atoms with Crippen molar-refractivity contribution in [2.24, 2.45) is 11.8 Å². The van der Waals surface area contributed by atoms with Crippen molar-refractivity contribution in [1.82, 2.24) is 0 Å². The van der Waals surface area contributed by atoms with E-state index in [1.165, 1.54) is 24.1 Å². The van der Waals surface area contributed by atoms with Gasteiger partial charge < -0.3 is 0 Å². The van der Waals surface area contributed by atoms with E-state index in [-0.39, 0.29) is 11.5 Å². The fourth-order valence-electron chi connectivity index (χ4n) is 4.40. The maximum absolute atomic E-state index is 12.7. The van der Waals surface area contributed by atoms with Gasteiger partial charge in [-0.1, -0.05) is 0 Å². The van der Waals surface area contributed by atoms with E-state index in [0.29, 0.717) is 21.5 Å². The van der Waals surface area contributed by atoms with Gasteiger partial charge in [0.05, 0.1) is 0 Å². The fraction of sp³-hybridized carbons (Fsp3) is 0.355. The molecule has 0 aromatic heterocycles. The Balaban J connectivity index is -0.00000130. The summed E-state index contributed by atoms with van der Waals surface area (Å²) < 4.78 is 82.7. The Bertz CT molecular complexity index is 1150. The van der Waals surface area contributed by atoms with Crippen LogP contribution in [-0.4, -0.2) is 10.2 Å². The minimum absolute atomic E-state index is 0.0253. The van der Waals surface area contributed by atoms with Crippen molar-refractivity contribution in [3.05, 3.63) is 105 Å². The van der Waals surface area contributed by atoms with Crippen LogP contribution >= 0.6 is 0 Å². The molecule has 0 bridgehead atoms. The molecule has 0 spiro atoms. The van der Waals surface area contributed by atoms with Crippen LogP contribution in [0.15, 0.2) is 54.6 Å². The molecule has 1 fully saturated rings. The predicted octanol–water partition coefficient (Wildman–Crippen LogP) is 6.35. The molecule has 1 aliphatic rings. The molecule has 2 aromatic carbocycles. The van der Waals surface area contributed by atoms with Gasteiger partial charge in [-0.3, -0.25) is 0 Å². The van der Waals surface area contributed by atoms with Crippen molar-refractivity contribution >= 4 is 4.08 Å². The summed E-state index contributed by atoms with van der Waals surface area (Å²) in [5, 5.41) is 0. The molecule has 0 aliphatic heterocycles. The van der Waals surface area contributed by atoms with E-state index >= 15 is 0 Å². The summed E-state index contributed by atoms with van der Waals surface area (Å²) in [7, 11) is 0. The van der Waals surface area contributed by atoms with Gasteiger partial charge in [-0.05, 0) is 0 Å². The Morgan fingerprint density at radius 2 is 1.29 bits per heavy atom. The molecule has 2 aromatic rings. The van der Waals surface area contributed by atoms with Crippen molar-refractivity contribution in [1.29, 1.82) is 0 Å². The summed E-state index contributed by atoms with van der Waals surface area (Å²) in [5.74, 6) is 6.95. The average Bonchev–Trinajstić information content (AvgIpc) is 3.01. The standard InChI is InChI=1S/C26H27F3O.5CO.W/c1-19-11-16-23(25(2,3)21-9-5-4-6-10-21)24(18-19)30-17-7-8-20-12-14-22(15-13-20)26(27,28)29;5*1-2;/h4-6,9-10,12-15,19,23-24H,11,16,18H2,1-3H3;;;;;;/t19-,23-,24-;;;;;;/m1....../s1. The fourth-order valence-corrected chi connectivity index (χ4v) is 5.03. The number of rotatable bonds is 4. The van der Waals surface area contributed by atoms with E-state index in [2.05, 4.69) is 90.1 Å². The quantitative estimate of drug-likeness (QED) is 0.204. The van der Waals surface area contributed by atoms with Crippen LogP contribution < -0.4 is 0 Å². The van der Waals surface area contributed by atoms with Gasteiger partial charge in [-0.15, -0.1) is 0 Å². The van der Waals surface area contributed by atoms with Gasteiger partial charge in [0, 0.05) is 0 Å². The third kappa shape index (κ3) is 15.0. The molecule has 0 saturated heterocycles. The molecular formula is C31H27F3O6W. The van der Waals surface area contributed by atoms with E-state index in [1.807, 2.05) is 6.07 Å². The zero-order valence-corrected chi connectivity index (χ0v) is 25.5. The normalized spacial score (nSPS) is 16.7. The van der Waals surface area contributed by atoms with E-state index in [1.54, 1.807) is 0 Å². The maximum atomic E-state index is 12.7. The van der Waals surface area contributed by atoms with Crippen LogP contribution in [0.25, 0.3) is 0 Å². The van der Waals surface area contributed by atoms with Crippen LogP contribution in [-0.2, 0) is 58.9 Å². The Labute approximate surface area is 250 Å². The first-order chi connectivity index (χ1) is 19.6. The van der Waals surface area contributed by atoms with Gasteiger partial charge in [0.25, 0.3) is 0 Å². The minimum atomic E-state index is -4.33. The molecule has 0 unspecified atom stereocenters. The van der Waals surface area contributed by atoms with Crippen molar-refractivity contribution in [3.8, 4) is 11.8 Å². The number of ether oxygens (including phenoxy) is 1. The van der Waals surface area contributed by atoms with Gasteiger partial charge in [0.1, 0.15) is 0 Å². The van der Waals surface area contributed by atoms with Crippen LogP contribution in [0.3, 0.4) is 0 Å². The number of halogens is 3. The second kappa shape index (κ2) is 23.7. The average molecular weight is 736 g/mol. The van der Waals surface area contributed by atoms with E-state index < -0.39 is 11.7 Å². The van der Waals surface area contributed by atoms with Gasteiger partial charge >= 0.3 is 251 Å². The zero-order valence-electron chi connectivity index (χ0n) is 22.5. The summed E-state index contributed by atoms with van der Waals surface area (Å²) in [4.78, 5) is 0. The first-order valence-corrected chi connectivity index (χ1v) is 13.0. The topological polar surface area (TPSA) is 109 Å². The van der Waals surface area contributed by atoms with Crippen LogP contribution in [0, 0.1) is 56.9 Å². The third-order valence-electron chi connectivity index (χ3n) is 6.28. The zero-order chi connectivity index (χ0) is 32.6. The monoisotopic (exact) mass is 736 g/mol. The number of benzene rings is 2. The second-order valence-corrected chi connectivity index (χ2v) is 10.2. The molecule has 41 heavy (non-hydrogen) atoms. The van der Waals surface area contributed by atoms with Gasteiger partial charge in [0.15, 0.2) is 0 Å². The van der Waals surface area contributed by atoms with Crippen molar-refractivity contribution < 1.29 is 60.5 Å². The van der Waals surface area contributed by atoms with Gasteiger partial charge in [-0.2, -0.15) is 0 Å². The van der Waals surface area contributed by atoms with Crippen molar-refractivity contribution in [2.45, 2.75) is 57.7 Å². The van der Waals surface area contributed by atoms with Crippen LogP contribution in [0.5, 0.6) is 0 Å².